The summed E-state index contributed by atoms with van der Waals surface area (Å²) in [6.45, 7) is 0.781. The number of fused-ring (bicyclic) bond motifs is 2. The normalized spacial score (nSPS) is 15.7. The third-order valence-electron chi connectivity index (χ3n) is 5.42. The number of allylic oxidation sites excluding steroid dienone is 1. The summed E-state index contributed by atoms with van der Waals surface area (Å²) in [6.07, 6.45) is 4.15. The van der Waals surface area contributed by atoms with E-state index in [1.54, 1.807) is 0 Å². The quantitative estimate of drug-likeness (QED) is 0.247. The van der Waals surface area contributed by atoms with Crippen molar-refractivity contribution in [3.8, 4) is 0 Å². The summed E-state index contributed by atoms with van der Waals surface area (Å²) in [5.41, 5.74) is 8.79. The van der Waals surface area contributed by atoms with Gasteiger partial charge < -0.3 is 10.6 Å². The van der Waals surface area contributed by atoms with Gasteiger partial charge in [0.2, 0.25) is 5.52 Å². The summed E-state index contributed by atoms with van der Waals surface area (Å²) >= 11 is 3.05. The van der Waals surface area contributed by atoms with Crippen LogP contribution in [0.2, 0.25) is 0 Å². The van der Waals surface area contributed by atoms with E-state index in [4.69, 9.17) is 14.8 Å². The molecule has 0 fully saturated rings. The van der Waals surface area contributed by atoms with Crippen molar-refractivity contribution >= 4 is 65.3 Å². The fraction of sp³-hybridized carbons (Fsp3) is 0.261. The highest BCUT2D eigenvalue weighted by molar-refractivity contribution is 8.03. The van der Waals surface area contributed by atoms with Gasteiger partial charge in [0.1, 0.15) is 4.70 Å². The molecule has 9 nitrogen and oxygen atoms in total. The second-order valence-corrected chi connectivity index (χ2v) is 13.5. The van der Waals surface area contributed by atoms with Gasteiger partial charge in [-0.05, 0) is 30.7 Å². The first-order valence-electron chi connectivity index (χ1n) is 11.1. The molecule has 36 heavy (non-hydrogen) atoms. The summed E-state index contributed by atoms with van der Waals surface area (Å²) in [5.74, 6) is -0.666. The Hall–Kier alpha value is -2.42. The number of rotatable bonds is 10. The van der Waals surface area contributed by atoms with Crippen LogP contribution in [0.5, 0.6) is 0 Å². The fourth-order valence-electron chi connectivity index (χ4n) is 3.92. The van der Waals surface area contributed by atoms with Gasteiger partial charge >= 0.3 is 0 Å². The fourth-order valence-corrected chi connectivity index (χ4v) is 7.21. The Morgan fingerprint density at radius 3 is 2.39 bits per heavy atom. The summed E-state index contributed by atoms with van der Waals surface area (Å²) < 4.78 is 66.0. The number of nitrogens with two attached hydrogens (primary N) is 1. The van der Waals surface area contributed by atoms with Crippen LogP contribution in [0.25, 0.3) is 16.3 Å². The van der Waals surface area contributed by atoms with Crippen molar-refractivity contribution in [1.29, 1.82) is 0 Å². The summed E-state index contributed by atoms with van der Waals surface area (Å²) in [5, 5.41) is 1.67. The highest BCUT2D eigenvalue weighted by atomic mass is 32.2. The van der Waals surface area contributed by atoms with E-state index in [1.807, 2.05) is 70.1 Å². The Labute approximate surface area is 218 Å². The summed E-state index contributed by atoms with van der Waals surface area (Å²) in [4.78, 5) is 3.00. The Morgan fingerprint density at radius 2 is 1.64 bits per heavy atom. The first kappa shape index (κ1) is 26.6. The van der Waals surface area contributed by atoms with Gasteiger partial charge in [-0.3, -0.25) is 9.11 Å². The lowest BCUT2D eigenvalue weighted by Gasteiger charge is -2.20. The number of nitrogens with zero attached hydrogens (tertiary/aromatic N) is 2. The minimum absolute atomic E-state index is 0.249. The third kappa shape index (κ3) is 6.87. The molecule has 0 atom stereocenters. The summed E-state index contributed by atoms with van der Waals surface area (Å²) in [6, 6.07) is 15.5. The zero-order valence-electron chi connectivity index (χ0n) is 19.1. The predicted molar refractivity (Wildman–Crippen MR) is 144 cm³/mol. The number of hydrogen-bond donors (Lipinski definition) is 3. The molecule has 13 heteroatoms. The topological polar surface area (TPSA) is 142 Å². The van der Waals surface area contributed by atoms with Crippen LogP contribution in [0, 0.1) is 0 Å². The molecule has 3 aromatic rings. The van der Waals surface area contributed by atoms with Gasteiger partial charge in [-0.1, -0.05) is 47.4 Å². The second kappa shape index (κ2) is 10.9. The number of benzene rings is 2. The molecular formula is C23H26N3O6S4+. The zero-order valence-corrected chi connectivity index (χ0v) is 22.4. The van der Waals surface area contributed by atoms with Crippen LogP contribution in [-0.2, 0) is 26.8 Å². The smallest absolute Gasteiger partial charge is 0.265 e. The number of aromatic nitrogens is 1. The lowest BCUT2D eigenvalue weighted by molar-refractivity contribution is -0.668. The van der Waals surface area contributed by atoms with Crippen LogP contribution in [-0.4, -0.2) is 44.0 Å². The van der Waals surface area contributed by atoms with Gasteiger partial charge in [-0.2, -0.15) is 21.4 Å². The Bertz CT molecular complexity index is 1540. The minimum atomic E-state index is -4.05. The lowest BCUT2D eigenvalue weighted by Crippen LogP contribution is -2.36. The van der Waals surface area contributed by atoms with E-state index in [2.05, 4.69) is 0 Å². The molecule has 192 valence electrons. The monoisotopic (exact) mass is 568 g/mol. The van der Waals surface area contributed by atoms with E-state index in [1.165, 1.54) is 23.1 Å². The molecule has 4 rings (SSSR count). The molecule has 0 aliphatic carbocycles. The molecule has 1 aliphatic rings. The van der Waals surface area contributed by atoms with Crippen molar-refractivity contribution in [2.75, 3.05) is 23.0 Å². The molecular weight excluding hydrogens is 543 g/mol. The molecule has 0 saturated carbocycles. The van der Waals surface area contributed by atoms with E-state index in [9.17, 15) is 16.8 Å². The number of aryl methyl sites for hydroxylation is 1. The number of thioether (sulfide) groups is 1. The van der Waals surface area contributed by atoms with Gasteiger partial charge in [0.15, 0.2) is 6.54 Å². The third-order valence-corrected chi connectivity index (χ3v) is 9.26. The van der Waals surface area contributed by atoms with Crippen molar-refractivity contribution < 1.29 is 30.5 Å². The standard InChI is InChI=1S/C23H25N3O6S4/c24-17(15-22-25(11-5-13-35(27,28)29)18-7-1-3-9-20(18)33-22)16-23-26(12-6-14-36(30,31)32)19-8-2-4-10-21(19)34-23/h1-4,7-10,15-16,24H,5-6,11-14H2,(H2,27,28,29,30,31,32)/p+1/b22-15+. The molecule has 0 unspecified atom stereocenters. The van der Waals surface area contributed by atoms with E-state index >= 15 is 0 Å². The molecule has 0 bridgehead atoms. The van der Waals surface area contributed by atoms with Crippen LogP contribution < -0.4 is 15.2 Å². The molecule has 0 radical (unpaired) electrons. The Kier molecular flexibility index (Phi) is 8.07. The van der Waals surface area contributed by atoms with Crippen LogP contribution >= 0.6 is 23.1 Å². The predicted octanol–water partition coefficient (Wildman–Crippen LogP) is 3.50. The molecule has 0 saturated heterocycles. The van der Waals surface area contributed by atoms with Crippen LogP contribution in [0.4, 0.5) is 5.69 Å². The average molecular weight is 569 g/mol. The van der Waals surface area contributed by atoms with Crippen molar-refractivity contribution in [2.45, 2.75) is 24.3 Å². The lowest BCUT2D eigenvalue weighted by atomic mass is 10.2. The van der Waals surface area contributed by atoms with Crippen LogP contribution in [0.3, 0.4) is 0 Å². The van der Waals surface area contributed by atoms with E-state index in [0.29, 0.717) is 18.8 Å². The minimum Gasteiger partial charge on any atom is -0.398 e. The van der Waals surface area contributed by atoms with Gasteiger partial charge in [-0.15, -0.1) is 0 Å². The van der Waals surface area contributed by atoms with Crippen molar-refractivity contribution in [3.05, 3.63) is 70.3 Å². The van der Waals surface area contributed by atoms with Gasteiger partial charge in [0.25, 0.3) is 25.2 Å². The van der Waals surface area contributed by atoms with Gasteiger partial charge in [0, 0.05) is 35.7 Å². The number of anilines is 1. The largest absolute Gasteiger partial charge is 0.398 e. The van der Waals surface area contributed by atoms with E-state index in [-0.39, 0.29) is 24.3 Å². The Balaban J connectivity index is 1.63. The Morgan fingerprint density at radius 1 is 0.972 bits per heavy atom. The maximum atomic E-state index is 11.2. The van der Waals surface area contributed by atoms with Crippen LogP contribution in [0.15, 0.2) is 70.2 Å². The van der Waals surface area contributed by atoms with Crippen molar-refractivity contribution in [2.24, 2.45) is 5.73 Å². The molecule has 2 heterocycles. The van der Waals surface area contributed by atoms with Crippen molar-refractivity contribution in [3.63, 3.8) is 0 Å². The molecule has 1 aromatic heterocycles. The van der Waals surface area contributed by atoms with Crippen LogP contribution in [0.1, 0.15) is 17.8 Å². The van der Waals surface area contributed by atoms with Gasteiger partial charge in [-0.25, -0.2) is 0 Å². The number of hydrogen-bond acceptors (Lipinski definition) is 8. The first-order chi connectivity index (χ1) is 17.0. The highest BCUT2D eigenvalue weighted by Gasteiger charge is 2.25. The maximum Gasteiger partial charge on any atom is 0.265 e. The summed E-state index contributed by atoms with van der Waals surface area (Å²) in [7, 11) is -8.11. The molecule has 4 N–H and O–H groups in total. The van der Waals surface area contributed by atoms with Crippen molar-refractivity contribution in [1.82, 2.24) is 0 Å². The number of thiazole rings is 1. The first-order valence-corrected chi connectivity index (χ1v) is 15.9. The SMILES string of the molecule is NC(=C\c1sc2ccccc2[n+]1CCCS(=O)(=O)O)/C=C1/Sc2ccccc2N1CCCS(=O)(=O)O. The molecule has 0 spiro atoms. The molecule has 1 aliphatic heterocycles. The average Bonchev–Trinajstić information content (AvgIpc) is 3.30. The maximum absolute atomic E-state index is 11.2. The van der Waals surface area contributed by atoms with E-state index < -0.39 is 20.2 Å². The second-order valence-electron chi connectivity index (χ2n) is 8.19. The molecule has 0 amide bonds. The molecule has 2 aromatic carbocycles. The number of para-hydroxylation sites is 2. The van der Waals surface area contributed by atoms with Gasteiger partial charge in [0.05, 0.1) is 22.2 Å². The van der Waals surface area contributed by atoms with E-state index in [0.717, 1.165) is 30.8 Å². The highest BCUT2D eigenvalue weighted by Crippen LogP contribution is 2.46. The zero-order chi connectivity index (χ0) is 25.9.